The summed E-state index contributed by atoms with van der Waals surface area (Å²) in [7, 11) is 0. The Morgan fingerprint density at radius 3 is 2.59 bits per heavy atom. The van der Waals surface area contributed by atoms with Gasteiger partial charge in [0.2, 0.25) is 0 Å². The number of carbonyl (C=O) groups excluding carboxylic acids is 1. The number of anilines is 4. The number of para-hydroxylation sites is 1. The molecule has 4 N–H and O–H groups in total. The van der Waals surface area contributed by atoms with Crippen molar-refractivity contribution in [2.45, 2.75) is 38.3 Å². The van der Waals surface area contributed by atoms with Crippen LogP contribution in [-0.2, 0) is 12.6 Å². The van der Waals surface area contributed by atoms with Crippen molar-refractivity contribution >= 4 is 40.3 Å². The monoisotopic (exact) mass is 538 g/mol. The van der Waals surface area contributed by atoms with Crippen molar-refractivity contribution in [2.75, 3.05) is 21.3 Å². The maximum Gasteiger partial charge on any atom is 0.418 e. The predicted molar refractivity (Wildman–Crippen MR) is 130 cm³/mol. The molecule has 12 heteroatoms. The van der Waals surface area contributed by atoms with Crippen LogP contribution >= 0.6 is 11.6 Å². The third-order valence-electron chi connectivity index (χ3n) is 5.98. The molecule has 194 valence electrons. The second-order valence-electron chi connectivity index (χ2n) is 9.30. The van der Waals surface area contributed by atoms with E-state index in [1.807, 2.05) is 0 Å². The van der Waals surface area contributed by atoms with Gasteiger partial charge in [-0.15, -0.1) is 0 Å². The highest BCUT2D eigenvalue weighted by atomic mass is 35.5. The summed E-state index contributed by atoms with van der Waals surface area (Å²) in [5.74, 6) is -2.32. The largest absolute Gasteiger partial charge is 0.486 e. The lowest BCUT2D eigenvalue weighted by atomic mass is 9.97. The number of benzene rings is 3. The number of nitrogens with one attached hydrogen (secondary N) is 4. The van der Waals surface area contributed by atoms with Crippen molar-refractivity contribution < 1.29 is 31.5 Å². The Labute approximate surface area is 213 Å². The van der Waals surface area contributed by atoms with Gasteiger partial charge in [-0.2, -0.15) is 13.2 Å². The molecule has 2 aliphatic heterocycles. The Morgan fingerprint density at radius 2 is 1.89 bits per heavy atom. The van der Waals surface area contributed by atoms with Crippen molar-refractivity contribution in [3.8, 4) is 5.75 Å². The Balaban J connectivity index is 1.49. The summed E-state index contributed by atoms with van der Waals surface area (Å²) in [6, 6.07) is 7.67. The van der Waals surface area contributed by atoms with Crippen LogP contribution in [0.1, 0.15) is 35.3 Å². The van der Waals surface area contributed by atoms with E-state index in [2.05, 4.69) is 21.3 Å². The van der Waals surface area contributed by atoms with Crippen molar-refractivity contribution in [2.24, 2.45) is 0 Å². The first-order valence-electron chi connectivity index (χ1n) is 11.1. The summed E-state index contributed by atoms with van der Waals surface area (Å²) >= 11 is 6.11. The second-order valence-corrected chi connectivity index (χ2v) is 9.70. The molecule has 1 amide bonds. The molecule has 1 atom stereocenters. The minimum Gasteiger partial charge on any atom is -0.486 e. The van der Waals surface area contributed by atoms with Crippen LogP contribution in [0.25, 0.3) is 0 Å². The molecule has 3 aromatic carbocycles. The van der Waals surface area contributed by atoms with E-state index < -0.39 is 46.9 Å². The fourth-order valence-electron chi connectivity index (χ4n) is 4.43. The van der Waals surface area contributed by atoms with Gasteiger partial charge in [0, 0.05) is 12.0 Å². The fraction of sp³-hybridized carbons (Fsp3) is 0.240. The predicted octanol–water partition coefficient (Wildman–Crippen LogP) is 6.84. The second kappa shape index (κ2) is 8.69. The Hall–Kier alpha value is -3.73. The number of alkyl halides is 3. The first-order valence-corrected chi connectivity index (χ1v) is 11.5. The third-order valence-corrected chi connectivity index (χ3v) is 6.29. The lowest BCUT2D eigenvalue weighted by Gasteiger charge is -2.19. The molecule has 5 rings (SSSR count). The van der Waals surface area contributed by atoms with E-state index in [1.54, 1.807) is 13.8 Å². The Bertz CT molecular complexity index is 1410. The number of hydrogen-bond acceptors (Lipinski definition) is 5. The molecule has 0 fully saturated rings. The lowest BCUT2D eigenvalue weighted by Crippen LogP contribution is -2.32. The van der Waals surface area contributed by atoms with Crippen LogP contribution in [0.4, 0.5) is 44.7 Å². The normalized spacial score (nSPS) is 17.2. The number of hydrogen-bond donors (Lipinski definition) is 4. The van der Waals surface area contributed by atoms with Crippen LogP contribution < -0.4 is 26.0 Å². The van der Waals surface area contributed by atoms with E-state index in [0.717, 1.165) is 12.1 Å². The van der Waals surface area contributed by atoms with Crippen LogP contribution in [-0.4, -0.2) is 17.8 Å². The highest BCUT2D eigenvalue weighted by Gasteiger charge is 2.40. The van der Waals surface area contributed by atoms with Gasteiger partial charge in [0.05, 0.1) is 38.9 Å². The maximum atomic E-state index is 14.3. The molecule has 0 bridgehead atoms. The molecule has 0 saturated heterocycles. The highest BCUT2D eigenvalue weighted by Crippen LogP contribution is 2.48. The van der Waals surface area contributed by atoms with Crippen LogP contribution in [0.5, 0.6) is 5.75 Å². The number of carbonyl (C=O) groups is 1. The minimum atomic E-state index is -4.89. The van der Waals surface area contributed by atoms with Crippen molar-refractivity contribution in [3.63, 3.8) is 0 Å². The van der Waals surface area contributed by atoms with Gasteiger partial charge in [-0.05, 0) is 50.2 Å². The summed E-state index contributed by atoms with van der Waals surface area (Å²) in [6.07, 6.45) is -5.22. The average Bonchev–Trinajstić information content (AvgIpc) is 3.35. The van der Waals surface area contributed by atoms with Gasteiger partial charge >= 0.3 is 6.18 Å². The van der Waals surface area contributed by atoms with Gasteiger partial charge < -0.3 is 26.0 Å². The van der Waals surface area contributed by atoms with E-state index in [4.69, 9.17) is 16.3 Å². The summed E-state index contributed by atoms with van der Waals surface area (Å²) in [6.45, 7) is 3.61. The van der Waals surface area contributed by atoms with Crippen LogP contribution in [0.2, 0.25) is 5.02 Å². The Morgan fingerprint density at radius 1 is 1.14 bits per heavy atom. The minimum absolute atomic E-state index is 0.0179. The SMILES string of the molecule is CC1(C)Cc2c3c(cc(C(=O)Nc4ccc(F)cc4C(F)(F)F)c2O1)NC(Nc1c(F)cccc1Cl)N3. The molecule has 0 saturated carbocycles. The standard InChI is InChI=1S/C25H20ClF5N4O2/c1-24(2)10-13-19-18(33-23(34-19)35-20-15(26)4-3-5-16(20)28)9-12(21(13)37-24)22(36)32-17-7-6-11(27)8-14(17)25(29,30)31/h3-9,23,33-35H,10H2,1-2H3,(H,32,36). The molecular weight excluding hydrogens is 519 g/mol. The molecule has 1 unspecified atom stereocenters. The van der Waals surface area contributed by atoms with Gasteiger partial charge in [0.15, 0.2) is 6.29 Å². The molecule has 0 spiro atoms. The van der Waals surface area contributed by atoms with Crippen LogP contribution in [0, 0.1) is 11.6 Å². The molecule has 3 aromatic rings. The third kappa shape index (κ3) is 4.71. The maximum absolute atomic E-state index is 14.3. The van der Waals surface area contributed by atoms with Gasteiger partial charge in [-0.1, -0.05) is 17.7 Å². The smallest absolute Gasteiger partial charge is 0.418 e. The van der Waals surface area contributed by atoms with Crippen molar-refractivity contribution in [1.82, 2.24) is 0 Å². The zero-order chi connectivity index (χ0) is 26.7. The molecule has 2 heterocycles. The van der Waals surface area contributed by atoms with Gasteiger partial charge in [0.1, 0.15) is 23.0 Å². The number of rotatable bonds is 4. The number of fused-ring (bicyclic) bond motifs is 3. The van der Waals surface area contributed by atoms with Crippen LogP contribution in [0.3, 0.4) is 0 Å². The average molecular weight is 539 g/mol. The summed E-state index contributed by atoms with van der Waals surface area (Å²) in [5, 5.41) is 11.6. The fourth-order valence-corrected chi connectivity index (χ4v) is 4.65. The zero-order valence-corrected chi connectivity index (χ0v) is 20.2. The number of amides is 1. The van der Waals surface area contributed by atoms with E-state index in [-0.39, 0.29) is 22.0 Å². The first kappa shape index (κ1) is 24.9. The quantitative estimate of drug-likeness (QED) is 0.274. The van der Waals surface area contributed by atoms with Crippen molar-refractivity contribution in [3.05, 3.63) is 75.8 Å². The summed E-state index contributed by atoms with van der Waals surface area (Å²) < 4.78 is 74.2. The Kier molecular flexibility index (Phi) is 5.86. The highest BCUT2D eigenvalue weighted by molar-refractivity contribution is 6.33. The molecule has 37 heavy (non-hydrogen) atoms. The topological polar surface area (TPSA) is 74.4 Å². The molecule has 0 aromatic heterocycles. The van der Waals surface area contributed by atoms with E-state index in [0.29, 0.717) is 29.4 Å². The van der Waals surface area contributed by atoms with E-state index in [1.165, 1.54) is 24.3 Å². The van der Waals surface area contributed by atoms with Gasteiger partial charge in [-0.3, -0.25) is 4.79 Å². The number of ether oxygens (including phenoxy) is 1. The molecular formula is C25H20ClF5N4O2. The van der Waals surface area contributed by atoms with Gasteiger partial charge in [-0.25, -0.2) is 8.78 Å². The molecule has 2 aliphatic rings. The van der Waals surface area contributed by atoms with Crippen LogP contribution in [0.15, 0.2) is 42.5 Å². The van der Waals surface area contributed by atoms with E-state index >= 15 is 0 Å². The number of halogens is 6. The summed E-state index contributed by atoms with van der Waals surface area (Å²) in [5.41, 5.74) is -0.901. The van der Waals surface area contributed by atoms with Crippen molar-refractivity contribution in [1.29, 1.82) is 0 Å². The van der Waals surface area contributed by atoms with Gasteiger partial charge in [0.25, 0.3) is 5.91 Å². The van der Waals surface area contributed by atoms with E-state index in [9.17, 15) is 26.7 Å². The zero-order valence-electron chi connectivity index (χ0n) is 19.4. The molecule has 0 radical (unpaired) electrons. The summed E-state index contributed by atoms with van der Waals surface area (Å²) in [4.78, 5) is 13.2. The lowest BCUT2D eigenvalue weighted by molar-refractivity contribution is -0.137. The molecule has 0 aliphatic carbocycles. The first-order chi connectivity index (χ1) is 17.3. The molecule has 6 nitrogen and oxygen atoms in total.